The molecule has 2 aromatic heterocycles. The molecule has 2 amide bonds. The van der Waals surface area contributed by atoms with Crippen molar-refractivity contribution in [2.75, 3.05) is 0 Å². The first kappa shape index (κ1) is 14.0. The van der Waals surface area contributed by atoms with E-state index < -0.39 is 0 Å². The van der Waals surface area contributed by atoms with Crippen LogP contribution in [0.25, 0.3) is 0 Å². The number of hydrogen-bond acceptors (Lipinski definition) is 6. The van der Waals surface area contributed by atoms with Crippen molar-refractivity contribution in [3.63, 3.8) is 0 Å². The average Bonchev–Trinajstić information content (AvgIpc) is 3.06. The van der Waals surface area contributed by atoms with Gasteiger partial charge in [0.1, 0.15) is 5.01 Å². The SMILES string of the molecule is CCc1cnc(CNC(=O)NCc2nc(C3CC3)no2)s1. The molecule has 0 bridgehead atoms. The number of amides is 2. The molecule has 0 atom stereocenters. The molecule has 2 aromatic rings. The standard InChI is InChI=1S/C13H17N5O2S/c1-2-9-5-14-11(21-9)7-16-13(19)15-6-10-17-12(18-20-10)8-3-4-8/h5,8H,2-4,6-7H2,1H3,(H2,15,16,19). The van der Waals surface area contributed by atoms with Crippen LogP contribution in [0, 0.1) is 0 Å². The van der Waals surface area contributed by atoms with E-state index in [0.717, 1.165) is 30.1 Å². The first-order chi connectivity index (χ1) is 10.2. The van der Waals surface area contributed by atoms with E-state index in [1.54, 1.807) is 11.3 Å². The molecule has 0 aliphatic heterocycles. The number of carbonyl (C=O) groups excluding carboxylic acids is 1. The zero-order valence-electron chi connectivity index (χ0n) is 11.8. The number of nitrogens with zero attached hydrogens (tertiary/aromatic N) is 3. The lowest BCUT2D eigenvalue weighted by Crippen LogP contribution is -2.34. The summed E-state index contributed by atoms with van der Waals surface area (Å²) in [6.45, 7) is 2.75. The first-order valence-electron chi connectivity index (χ1n) is 7.02. The lowest BCUT2D eigenvalue weighted by atomic mass is 10.4. The van der Waals surface area contributed by atoms with Gasteiger partial charge < -0.3 is 15.2 Å². The number of thiazole rings is 1. The molecule has 2 N–H and O–H groups in total. The van der Waals surface area contributed by atoms with Crippen molar-refractivity contribution in [2.24, 2.45) is 0 Å². The van der Waals surface area contributed by atoms with Crippen LogP contribution in [0.1, 0.15) is 47.3 Å². The Hall–Kier alpha value is -1.96. The number of nitrogens with one attached hydrogen (secondary N) is 2. The van der Waals surface area contributed by atoms with E-state index in [1.807, 2.05) is 6.20 Å². The summed E-state index contributed by atoms with van der Waals surface area (Å²) in [4.78, 5) is 21.4. The van der Waals surface area contributed by atoms with Gasteiger partial charge in [-0.15, -0.1) is 11.3 Å². The summed E-state index contributed by atoms with van der Waals surface area (Å²) < 4.78 is 5.08. The van der Waals surface area contributed by atoms with Gasteiger partial charge in [0.05, 0.1) is 13.1 Å². The van der Waals surface area contributed by atoms with Crippen molar-refractivity contribution >= 4 is 17.4 Å². The van der Waals surface area contributed by atoms with E-state index in [-0.39, 0.29) is 12.6 Å². The highest BCUT2D eigenvalue weighted by Gasteiger charge is 2.28. The van der Waals surface area contributed by atoms with Crippen LogP contribution in [0.4, 0.5) is 4.79 Å². The van der Waals surface area contributed by atoms with Gasteiger partial charge in [-0.25, -0.2) is 9.78 Å². The molecule has 8 heteroatoms. The smallest absolute Gasteiger partial charge is 0.315 e. The normalized spacial score (nSPS) is 14.1. The van der Waals surface area contributed by atoms with Crippen LogP contribution < -0.4 is 10.6 Å². The highest BCUT2D eigenvalue weighted by molar-refractivity contribution is 7.11. The van der Waals surface area contributed by atoms with Crippen molar-refractivity contribution in [2.45, 2.75) is 45.2 Å². The average molecular weight is 307 g/mol. The highest BCUT2D eigenvalue weighted by atomic mass is 32.1. The van der Waals surface area contributed by atoms with E-state index >= 15 is 0 Å². The second kappa shape index (κ2) is 6.21. The predicted molar refractivity (Wildman–Crippen MR) is 76.8 cm³/mol. The lowest BCUT2D eigenvalue weighted by Gasteiger charge is -2.03. The van der Waals surface area contributed by atoms with E-state index in [1.165, 1.54) is 4.88 Å². The number of aromatic nitrogens is 3. The van der Waals surface area contributed by atoms with Crippen molar-refractivity contribution in [1.29, 1.82) is 0 Å². The molecule has 3 rings (SSSR count). The Balaban J connectivity index is 1.41. The summed E-state index contributed by atoms with van der Waals surface area (Å²) in [7, 11) is 0. The fourth-order valence-corrected chi connectivity index (χ4v) is 2.62. The number of urea groups is 1. The molecule has 7 nitrogen and oxygen atoms in total. The van der Waals surface area contributed by atoms with Crippen LogP contribution in [0.15, 0.2) is 10.7 Å². The third kappa shape index (κ3) is 3.78. The molecule has 2 heterocycles. The number of hydrogen-bond donors (Lipinski definition) is 2. The topological polar surface area (TPSA) is 92.9 Å². The van der Waals surface area contributed by atoms with Gasteiger partial charge >= 0.3 is 6.03 Å². The van der Waals surface area contributed by atoms with Gasteiger partial charge in [-0.3, -0.25) is 0 Å². The Kier molecular flexibility index (Phi) is 4.14. The van der Waals surface area contributed by atoms with Gasteiger partial charge in [0.2, 0.25) is 5.89 Å². The predicted octanol–water partition coefficient (Wildman–Crippen LogP) is 1.97. The second-order valence-corrected chi connectivity index (χ2v) is 6.13. The lowest BCUT2D eigenvalue weighted by molar-refractivity contribution is 0.238. The van der Waals surface area contributed by atoms with Crippen molar-refractivity contribution < 1.29 is 9.32 Å². The van der Waals surface area contributed by atoms with Gasteiger partial charge in [0.25, 0.3) is 0 Å². The summed E-state index contributed by atoms with van der Waals surface area (Å²) >= 11 is 1.61. The van der Waals surface area contributed by atoms with E-state index in [0.29, 0.717) is 18.4 Å². The van der Waals surface area contributed by atoms with E-state index in [2.05, 4.69) is 32.7 Å². The molecule has 112 valence electrons. The van der Waals surface area contributed by atoms with Crippen LogP contribution in [-0.2, 0) is 19.5 Å². The molecule has 0 aromatic carbocycles. The maximum Gasteiger partial charge on any atom is 0.315 e. The van der Waals surface area contributed by atoms with Crippen LogP contribution in [0.2, 0.25) is 0 Å². The van der Waals surface area contributed by atoms with Crippen molar-refractivity contribution in [3.05, 3.63) is 27.8 Å². The molecule has 0 radical (unpaired) electrons. The number of carbonyl (C=O) groups is 1. The van der Waals surface area contributed by atoms with Crippen LogP contribution >= 0.6 is 11.3 Å². The molecular formula is C13H17N5O2S. The largest absolute Gasteiger partial charge is 0.337 e. The Morgan fingerprint density at radius 2 is 2.24 bits per heavy atom. The van der Waals surface area contributed by atoms with Gasteiger partial charge in [-0.2, -0.15) is 4.98 Å². The molecule has 0 saturated heterocycles. The molecule has 0 spiro atoms. The molecule has 1 aliphatic carbocycles. The zero-order chi connectivity index (χ0) is 14.7. The maximum atomic E-state index is 11.7. The minimum Gasteiger partial charge on any atom is -0.337 e. The molecule has 1 aliphatic rings. The number of rotatable bonds is 6. The van der Waals surface area contributed by atoms with Crippen molar-refractivity contribution in [1.82, 2.24) is 25.8 Å². The second-order valence-electron chi connectivity index (χ2n) is 4.93. The minimum absolute atomic E-state index is 0.240. The molecule has 0 unspecified atom stereocenters. The molecule has 1 fully saturated rings. The third-order valence-electron chi connectivity index (χ3n) is 3.18. The fourth-order valence-electron chi connectivity index (χ4n) is 1.81. The van der Waals surface area contributed by atoms with Gasteiger partial charge in [0.15, 0.2) is 5.82 Å². The van der Waals surface area contributed by atoms with E-state index in [4.69, 9.17) is 4.52 Å². The minimum atomic E-state index is -0.269. The Morgan fingerprint density at radius 3 is 2.95 bits per heavy atom. The molecular weight excluding hydrogens is 290 g/mol. The maximum absolute atomic E-state index is 11.7. The van der Waals surface area contributed by atoms with Crippen LogP contribution in [0.5, 0.6) is 0 Å². The zero-order valence-corrected chi connectivity index (χ0v) is 12.6. The third-order valence-corrected chi connectivity index (χ3v) is 4.32. The summed E-state index contributed by atoms with van der Waals surface area (Å²) in [6.07, 6.45) is 5.06. The molecule has 1 saturated carbocycles. The Bertz CT molecular complexity index is 620. The summed E-state index contributed by atoms with van der Waals surface area (Å²) in [5.74, 6) is 1.64. The Labute approximate surface area is 126 Å². The van der Waals surface area contributed by atoms with Crippen LogP contribution in [0.3, 0.4) is 0 Å². The van der Waals surface area contributed by atoms with E-state index in [9.17, 15) is 4.79 Å². The fraction of sp³-hybridized carbons (Fsp3) is 0.538. The first-order valence-corrected chi connectivity index (χ1v) is 7.84. The highest BCUT2D eigenvalue weighted by Crippen LogP contribution is 2.37. The summed E-state index contributed by atoms with van der Waals surface area (Å²) in [5.41, 5.74) is 0. The summed E-state index contributed by atoms with van der Waals surface area (Å²) in [6, 6.07) is -0.269. The number of aryl methyl sites for hydroxylation is 1. The van der Waals surface area contributed by atoms with Gasteiger partial charge in [0, 0.05) is 17.0 Å². The quantitative estimate of drug-likeness (QED) is 0.851. The van der Waals surface area contributed by atoms with Gasteiger partial charge in [-0.05, 0) is 19.3 Å². The van der Waals surface area contributed by atoms with Crippen molar-refractivity contribution in [3.8, 4) is 0 Å². The summed E-state index contributed by atoms with van der Waals surface area (Å²) in [5, 5.41) is 10.2. The Morgan fingerprint density at radius 1 is 1.43 bits per heavy atom. The monoisotopic (exact) mass is 307 g/mol. The van der Waals surface area contributed by atoms with Crippen LogP contribution in [-0.4, -0.2) is 21.2 Å². The molecule has 21 heavy (non-hydrogen) atoms. The van der Waals surface area contributed by atoms with Gasteiger partial charge in [-0.1, -0.05) is 12.1 Å².